The van der Waals surface area contributed by atoms with Gasteiger partial charge in [0, 0.05) is 24.9 Å². The van der Waals surface area contributed by atoms with E-state index in [-0.39, 0.29) is 17.2 Å². The van der Waals surface area contributed by atoms with Gasteiger partial charge in [-0.15, -0.1) is 0 Å². The van der Waals surface area contributed by atoms with Crippen molar-refractivity contribution < 1.29 is 9.59 Å². The molecule has 7 rings (SSSR count). The van der Waals surface area contributed by atoms with Gasteiger partial charge in [-0.2, -0.15) is 0 Å². The first-order valence-electron chi connectivity index (χ1n) is 13.5. The first kappa shape index (κ1) is 21.5. The van der Waals surface area contributed by atoms with E-state index in [1.165, 1.54) is 64.2 Å². The molecule has 2 amide bonds. The number of carbonyl (C=O) groups excluding carboxylic acids is 2. The molecule has 0 spiro atoms. The summed E-state index contributed by atoms with van der Waals surface area (Å²) in [5.74, 6) is 4.34. The second-order valence-electron chi connectivity index (χ2n) is 12.0. The van der Waals surface area contributed by atoms with Gasteiger partial charge in [0.2, 0.25) is 11.8 Å². The van der Waals surface area contributed by atoms with Crippen molar-refractivity contribution in [3.8, 4) is 0 Å². The molecule has 0 unspecified atom stereocenters. The highest BCUT2D eigenvalue weighted by atomic mass is 16.2. The van der Waals surface area contributed by atoms with Crippen LogP contribution in [0.4, 0.5) is 5.82 Å². The van der Waals surface area contributed by atoms with Crippen LogP contribution in [0.1, 0.15) is 94.7 Å². The second kappa shape index (κ2) is 8.66. The number of amides is 2. The van der Waals surface area contributed by atoms with Crippen LogP contribution >= 0.6 is 0 Å². The van der Waals surface area contributed by atoms with Gasteiger partial charge >= 0.3 is 0 Å². The van der Waals surface area contributed by atoms with Crippen LogP contribution in [0, 0.1) is 29.1 Å². The lowest BCUT2D eigenvalue weighted by atomic mass is 9.49. The van der Waals surface area contributed by atoms with Gasteiger partial charge in [0.1, 0.15) is 12.1 Å². The van der Waals surface area contributed by atoms with Crippen molar-refractivity contribution in [2.24, 2.45) is 29.1 Å². The molecule has 6 aliphatic rings. The third-order valence-electron chi connectivity index (χ3n) is 9.56. The van der Waals surface area contributed by atoms with Crippen LogP contribution in [0.25, 0.3) is 0 Å². The summed E-state index contributed by atoms with van der Waals surface area (Å²) in [6.45, 7) is 1.24. The fourth-order valence-corrected chi connectivity index (χ4v) is 8.48. The molecule has 1 aliphatic heterocycles. The first-order valence-corrected chi connectivity index (χ1v) is 13.5. The maximum absolute atomic E-state index is 13.1. The topological polar surface area (TPSA) is 75.2 Å². The van der Waals surface area contributed by atoms with Gasteiger partial charge in [0.25, 0.3) is 0 Å². The van der Waals surface area contributed by atoms with Crippen LogP contribution in [0.2, 0.25) is 0 Å². The maximum Gasteiger partial charge on any atom is 0.226 e. The van der Waals surface area contributed by atoms with Gasteiger partial charge in [-0.25, -0.2) is 9.97 Å². The van der Waals surface area contributed by atoms with E-state index in [4.69, 9.17) is 0 Å². The van der Waals surface area contributed by atoms with Gasteiger partial charge < -0.3 is 10.2 Å². The number of fused-ring (bicyclic) bond motifs is 1. The third-order valence-corrected chi connectivity index (χ3v) is 9.56. The summed E-state index contributed by atoms with van der Waals surface area (Å²) >= 11 is 0. The first-order chi connectivity index (χ1) is 16.1. The average Bonchev–Trinajstić information content (AvgIpc) is 3.29. The summed E-state index contributed by atoms with van der Waals surface area (Å²) < 4.78 is 0. The predicted octanol–water partition coefficient (Wildman–Crippen LogP) is 4.88. The molecule has 0 aromatic carbocycles. The molecule has 178 valence electrons. The Kier molecular flexibility index (Phi) is 5.66. The van der Waals surface area contributed by atoms with E-state index in [9.17, 15) is 9.59 Å². The van der Waals surface area contributed by atoms with Crippen molar-refractivity contribution >= 4 is 17.6 Å². The van der Waals surface area contributed by atoms with Gasteiger partial charge in [-0.1, -0.05) is 25.7 Å². The van der Waals surface area contributed by atoms with Gasteiger partial charge in [0.15, 0.2) is 0 Å². The van der Waals surface area contributed by atoms with Crippen LogP contribution in [0.15, 0.2) is 6.33 Å². The molecule has 5 aliphatic carbocycles. The summed E-state index contributed by atoms with van der Waals surface area (Å²) in [6.07, 6.45) is 17.7. The summed E-state index contributed by atoms with van der Waals surface area (Å²) in [5.41, 5.74) is 2.15. The minimum absolute atomic E-state index is 0.118. The zero-order valence-electron chi connectivity index (χ0n) is 19.9. The molecule has 5 fully saturated rings. The highest BCUT2D eigenvalue weighted by Gasteiger charge is 2.51. The quantitative estimate of drug-likeness (QED) is 0.670. The molecular weight excluding hydrogens is 412 g/mol. The summed E-state index contributed by atoms with van der Waals surface area (Å²) in [5, 5.41) is 3.16. The molecule has 0 saturated heterocycles. The normalized spacial score (nSPS) is 32.7. The minimum atomic E-state index is 0.118. The molecular formula is C27H38N4O2. The van der Waals surface area contributed by atoms with Crippen molar-refractivity contribution in [3.05, 3.63) is 17.6 Å². The summed E-state index contributed by atoms with van der Waals surface area (Å²) in [6, 6.07) is 0. The van der Waals surface area contributed by atoms with Crippen molar-refractivity contribution in [1.29, 1.82) is 0 Å². The Morgan fingerprint density at radius 3 is 2.42 bits per heavy atom. The van der Waals surface area contributed by atoms with Gasteiger partial charge in [-0.3, -0.25) is 9.59 Å². The van der Waals surface area contributed by atoms with Crippen LogP contribution in [-0.4, -0.2) is 33.2 Å². The summed E-state index contributed by atoms with van der Waals surface area (Å²) in [4.78, 5) is 36.8. The van der Waals surface area contributed by atoms with Crippen LogP contribution in [0.5, 0.6) is 0 Å². The van der Waals surface area contributed by atoms with Crippen LogP contribution in [-0.2, 0) is 22.6 Å². The molecule has 4 bridgehead atoms. The Labute approximate surface area is 197 Å². The number of nitrogens with one attached hydrogen (secondary N) is 1. The largest absolute Gasteiger partial charge is 0.336 e. The monoisotopic (exact) mass is 450 g/mol. The SMILES string of the molecule is O=C(CC12CC3CC(CC(C3)C1)C2)Nc1ncnc2c1CCN(C(=O)CCC1CCCC1)C2. The number of aromatic nitrogens is 2. The van der Waals surface area contributed by atoms with E-state index in [0.717, 1.165) is 47.8 Å². The Morgan fingerprint density at radius 1 is 1.03 bits per heavy atom. The van der Waals surface area contributed by atoms with Crippen LogP contribution < -0.4 is 5.32 Å². The summed E-state index contributed by atoms with van der Waals surface area (Å²) in [7, 11) is 0. The van der Waals surface area contributed by atoms with Crippen molar-refractivity contribution in [2.45, 2.75) is 96.4 Å². The molecule has 0 radical (unpaired) electrons. The van der Waals surface area contributed by atoms with E-state index in [1.54, 1.807) is 6.33 Å². The van der Waals surface area contributed by atoms with Crippen molar-refractivity contribution in [1.82, 2.24) is 14.9 Å². The highest BCUT2D eigenvalue weighted by molar-refractivity contribution is 5.91. The average molecular weight is 451 g/mol. The standard InChI is InChI=1S/C27H38N4O2/c32-24(15-27-12-19-9-20(13-27)11-21(10-19)14-27)30-26-22-7-8-31(16-23(22)28-17-29-26)25(33)6-5-18-3-1-2-4-18/h17-21H,1-16H2,(H,28,29,30,32). The Bertz CT molecular complexity index is 887. The smallest absolute Gasteiger partial charge is 0.226 e. The lowest BCUT2D eigenvalue weighted by molar-refractivity contribution is -0.132. The second-order valence-corrected chi connectivity index (χ2v) is 12.0. The highest BCUT2D eigenvalue weighted by Crippen LogP contribution is 2.61. The Morgan fingerprint density at radius 2 is 1.73 bits per heavy atom. The van der Waals surface area contributed by atoms with Crippen molar-refractivity contribution in [3.63, 3.8) is 0 Å². The molecule has 6 nitrogen and oxygen atoms in total. The molecule has 0 atom stereocenters. The Hall–Kier alpha value is -1.98. The lowest BCUT2D eigenvalue weighted by Gasteiger charge is -2.56. The molecule has 1 N–H and O–H groups in total. The predicted molar refractivity (Wildman–Crippen MR) is 126 cm³/mol. The van der Waals surface area contributed by atoms with Crippen molar-refractivity contribution in [2.75, 3.05) is 11.9 Å². The maximum atomic E-state index is 13.1. The van der Waals surface area contributed by atoms with Gasteiger partial charge in [0.05, 0.1) is 12.2 Å². The number of hydrogen-bond acceptors (Lipinski definition) is 4. The van der Waals surface area contributed by atoms with E-state index < -0.39 is 0 Å². The third kappa shape index (κ3) is 4.42. The number of anilines is 1. The molecule has 6 heteroatoms. The lowest BCUT2D eigenvalue weighted by Crippen LogP contribution is -2.47. The Balaban J connectivity index is 1.07. The van der Waals surface area contributed by atoms with Gasteiger partial charge in [-0.05, 0) is 80.5 Å². The molecule has 1 aromatic heterocycles. The van der Waals surface area contributed by atoms with E-state index in [2.05, 4.69) is 15.3 Å². The van der Waals surface area contributed by atoms with E-state index in [0.29, 0.717) is 31.7 Å². The molecule has 2 heterocycles. The molecule has 5 saturated carbocycles. The number of carbonyl (C=O) groups is 2. The zero-order chi connectivity index (χ0) is 22.4. The zero-order valence-corrected chi connectivity index (χ0v) is 19.9. The number of rotatable bonds is 6. The molecule has 1 aromatic rings. The number of nitrogens with zero attached hydrogens (tertiary/aromatic N) is 3. The van der Waals surface area contributed by atoms with E-state index >= 15 is 0 Å². The minimum Gasteiger partial charge on any atom is -0.336 e. The number of hydrogen-bond donors (Lipinski definition) is 1. The fraction of sp³-hybridized carbons (Fsp3) is 0.778. The molecule has 33 heavy (non-hydrogen) atoms. The van der Waals surface area contributed by atoms with Crippen LogP contribution in [0.3, 0.4) is 0 Å². The van der Waals surface area contributed by atoms with E-state index in [1.807, 2.05) is 4.90 Å². The fourth-order valence-electron chi connectivity index (χ4n) is 8.48.